The quantitative estimate of drug-likeness (QED) is 0.246. The van der Waals surface area contributed by atoms with E-state index < -0.39 is 22.6 Å². The van der Waals surface area contributed by atoms with Crippen molar-refractivity contribution in [1.82, 2.24) is 9.38 Å². The fourth-order valence-electron chi connectivity index (χ4n) is 4.64. The Bertz CT molecular complexity index is 1720. The third-order valence-electron chi connectivity index (χ3n) is 6.92. The van der Waals surface area contributed by atoms with E-state index in [0.29, 0.717) is 22.4 Å². The van der Waals surface area contributed by atoms with Crippen molar-refractivity contribution in [2.75, 3.05) is 0 Å². The summed E-state index contributed by atoms with van der Waals surface area (Å²) in [5, 5.41) is 19.4. The van der Waals surface area contributed by atoms with Gasteiger partial charge in [0, 0.05) is 34.5 Å². The van der Waals surface area contributed by atoms with Crippen molar-refractivity contribution in [2.24, 2.45) is 10.8 Å². The van der Waals surface area contributed by atoms with Gasteiger partial charge in [0.05, 0.1) is 34.0 Å². The third-order valence-corrected chi connectivity index (χ3v) is 6.92. The zero-order valence-corrected chi connectivity index (χ0v) is 24.1. The first kappa shape index (κ1) is 29.2. The molecule has 0 aliphatic carbocycles. The number of nitrogens with zero attached hydrogens (tertiary/aromatic N) is 3. The van der Waals surface area contributed by atoms with Gasteiger partial charge in [-0.2, -0.15) is 5.26 Å². The highest BCUT2D eigenvalue weighted by molar-refractivity contribution is 6.15. The van der Waals surface area contributed by atoms with Gasteiger partial charge in [0.1, 0.15) is 12.4 Å². The van der Waals surface area contributed by atoms with E-state index in [2.05, 4.69) is 4.98 Å². The molecule has 1 aromatic carbocycles. The third kappa shape index (κ3) is 6.04. The van der Waals surface area contributed by atoms with Crippen LogP contribution in [0.4, 0.5) is 0 Å². The maximum Gasteiger partial charge on any atom is 0.309 e. The molecule has 0 aliphatic heterocycles. The van der Waals surface area contributed by atoms with Crippen molar-refractivity contribution in [3.05, 3.63) is 100 Å². The lowest BCUT2D eigenvalue weighted by Crippen LogP contribution is -2.29. The topological polar surface area (TPSA) is 122 Å². The molecule has 41 heavy (non-hydrogen) atoms. The fourth-order valence-corrected chi connectivity index (χ4v) is 4.64. The van der Waals surface area contributed by atoms with Gasteiger partial charge < -0.3 is 14.2 Å². The standard InChI is InChI=1S/C33H33N3O5/c1-20-9-7-12-23(35-20)19-41-24-13-14-36-26(16-24)27(30(38)32(2,3)4)25(17-33(5,6)31(39)40)28(36)29(37)22-11-8-10-21(15-22)18-34/h7-16H,17,19H2,1-6H3,(H,39,40). The average molecular weight is 552 g/mol. The maximum atomic E-state index is 14.1. The number of nitriles is 1. The van der Waals surface area contributed by atoms with E-state index in [0.717, 1.165) is 11.4 Å². The predicted octanol–water partition coefficient (Wildman–Crippen LogP) is 6.21. The molecule has 0 radical (unpaired) electrons. The number of aryl methyl sites for hydroxylation is 1. The number of aliphatic carboxylic acids is 1. The number of hydrogen-bond donors (Lipinski definition) is 1. The second kappa shape index (κ2) is 11.0. The first-order valence-corrected chi connectivity index (χ1v) is 13.3. The van der Waals surface area contributed by atoms with E-state index in [9.17, 15) is 24.8 Å². The van der Waals surface area contributed by atoms with Crippen LogP contribution < -0.4 is 4.74 Å². The minimum atomic E-state index is -1.28. The molecular formula is C33H33N3O5. The summed E-state index contributed by atoms with van der Waals surface area (Å²) in [5.41, 5.74) is 1.33. The summed E-state index contributed by atoms with van der Waals surface area (Å²) in [5.74, 6) is -1.23. The summed E-state index contributed by atoms with van der Waals surface area (Å²) in [4.78, 5) is 44.8. The minimum Gasteiger partial charge on any atom is -0.487 e. The van der Waals surface area contributed by atoms with Crippen molar-refractivity contribution in [2.45, 2.75) is 54.6 Å². The molecule has 0 bridgehead atoms. The molecule has 0 unspecified atom stereocenters. The number of aromatic nitrogens is 2. The monoisotopic (exact) mass is 551 g/mol. The van der Waals surface area contributed by atoms with Gasteiger partial charge in [-0.25, -0.2) is 0 Å². The molecule has 3 aromatic heterocycles. The second-order valence-electron chi connectivity index (χ2n) is 11.8. The van der Waals surface area contributed by atoms with Crippen LogP contribution in [0.5, 0.6) is 5.75 Å². The van der Waals surface area contributed by atoms with Crippen molar-refractivity contribution < 1.29 is 24.2 Å². The zero-order chi connectivity index (χ0) is 30.1. The van der Waals surface area contributed by atoms with E-state index >= 15 is 0 Å². The molecule has 0 amide bonds. The number of benzene rings is 1. The summed E-state index contributed by atoms with van der Waals surface area (Å²) in [6, 6.07) is 17.4. The van der Waals surface area contributed by atoms with Crippen LogP contribution in [0, 0.1) is 29.1 Å². The molecule has 1 N–H and O–H groups in total. The Labute approximate surface area is 239 Å². The number of carbonyl (C=O) groups is 3. The van der Waals surface area contributed by atoms with Crippen LogP contribution in [0.1, 0.15) is 83.5 Å². The van der Waals surface area contributed by atoms with Crippen molar-refractivity contribution in [1.29, 1.82) is 5.26 Å². The molecule has 0 atom stereocenters. The lowest BCUT2D eigenvalue weighted by atomic mass is 9.79. The lowest BCUT2D eigenvalue weighted by molar-refractivity contribution is -0.146. The van der Waals surface area contributed by atoms with Gasteiger partial charge >= 0.3 is 5.97 Å². The molecule has 210 valence electrons. The fraction of sp³-hybridized carbons (Fsp3) is 0.303. The first-order valence-electron chi connectivity index (χ1n) is 13.3. The van der Waals surface area contributed by atoms with Gasteiger partial charge in [-0.05, 0) is 63.1 Å². The van der Waals surface area contributed by atoms with Crippen molar-refractivity contribution >= 4 is 23.1 Å². The molecule has 0 fully saturated rings. The minimum absolute atomic E-state index is 0.0659. The molecule has 0 aliphatic rings. The van der Waals surface area contributed by atoms with Crippen LogP contribution in [0.3, 0.4) is 0 Å². The Morgan fingerprint density at radius 3 is 2.37 bits per heavy atom. The molecule has 0 spiro atoms. The van der Waals surface area contributed by atoms with E-state index in [1.54, 1.807) is 75.5 Å². The Kier molecular flexibility index (Phi) is 7.85. The second-order valence-corrected chi connectivity index (χ2v) is 11.8. The van der Waals surface area contributed by atoms with E-state index in [1.807, 2.05) is 31.2 Å². The number of rotatable bonds is 9. The Balaban J connectivity index is 1.97. The van der Waals surface area contributed by atoms with Crippen molar-refractivity contribution in [3.63, 3.8) is 0 Å². The van der Waals surface area contributed by atoms with Gasteiger partial charge in [0.25, 0.3) is 0 Å². The number of hydrogen-bond acceptors (Lipinski definition) is 6. The van der Waals surface area contributed by atoms with Crippen LogP contribution in [0.15, 0.2) is 60.8 Å². The summed E-state index contributed by atoms with van der Waals surface area (Å²) < 4.78 is 7.67. The number of Topliss-reactive ketones (excluding diaryl/α,β-unsaturated/α-hetero) is 1. The first-order chi connectivity index (χ1) is 19.2. The molecule has 4 aromatic rings. The highest BCUT2D eigenvalue weighted by Crippen LogP contribution is 2.37. The number of carboxylic acid groups (broad SMARTS) is 1. The summed E-state index contributed by atoms with van der Waals surface area (Å²) in [6.07, 6.45) is 1.59. The van der Waals surface area contributed by atoms with Gasteiger partial charge in [0.2, 0.25) is 5.78 Å². The number of pyridine rings is 2. The molecule has 8 heteroatoms. The molecule has 4 rings (SSSR count). The van der Waals surface area contributed by atoms with E-state index in [4.69, 9.17) is 4.74 Å². The van der Waals surface area contributed by atoms with Crippen LogP contribution in [-0.2, 0) is 17.8 Å². The SMILES string of the molecule is Cc1cccc(COc2ccn3c(C(=O)c4cccc(C#N)c4)c(CC(C)(C)C(=O)O)c(C(=O)C(C)(C)C)c3c2)n1. The van der Waals surface area contributed by atoms with Gasteiger partial charge in [-0.1, -0.05) is 39.0 Å². The summed E-state index contributed by atoms with van der Waals surface area (Å²) in [6.45, 7) is 10.6. The number of ketones is 2. The molecule has 8 nitrogen and oxygen atoms in total. The predicted molar refractivity (Wildman–Crippen MR) is 154 cm³/mol. The van der Waals surface area contributed by atoms with Crippen LogP contribution in [0.25, 0.3) is 5.52 Å². The van der Waals surface area contributed by atoms with Crippen LogP contribution >= 0.6 is 0 Å². The molecule has 0 saturated heterocycles. The van der Waals surface area contributed by atoms with Gasteiger partial charge in [-0.15, -0.1) is 0 Å². The molecule has 0 saturated carbocycles. The normalized spacial score (nSPS) is 11.7. The average Bonchev–Trinajstić information content (AvgIpc) is 3.22. The van der Waals surface area contributed by atoms with E-state index in [1.165, 1.54) is 6.07 Å². The molecular weight excluding hydrogens is 518 g/mol. The highest BCUT2D eigenvalue weighted by Gasteiger charge is 2.37. The van der Waals surface area contributed by atoms with Crippen LogP contribution in [-0.4, -0.2) is 32.0 Å². The Morgan fingerprint density at radius 1 is 1.02 bits per heavy atom. The van der Waals surface area contributed by atoms with Gasteiger partial charge in [0.15, 0.2) is 5.78 Å². The number of ether oxygens (including phenoxy) is 1. The smallest absolute Gasteiger partial charge is 0.309 e. The lowest BCUT2D eigenvalue weighted by Gasteiger charge is -2.22. The Hall–Kier alpha value is -4.77. The van der Waals surface area contributed by atoms with E-state index in [-0.39, 0.29) is 35.6 Å². The molecule has 3 heterocycles. The number of carboxylic acids is 1. The van der Waals surface area contributed by atoms with Gasteiger partial charge in [-0.3, -0.25) is 19.4 Å². The summed E-state index contributed by atoms with van der Waals surface area (Å²) in [7, 11) is 0. The largest absolute Gasteiger partial charge is 0.487 e. The maximum absolute atomic E-state index is 14.1. The number of fused-ring (bicyclic) bond motifs is 1. The van der Waals surface area contributed by atoms with Crippen LogP contribution in [0.2, 0.25) is 0 Å². The van der Waals surface area contributed by atoms with Crippen molar-refractivity contribution in [3.8, 4) is 11.8 Å². The summed E-state index contributed by atoms with van der Waals surface area (Å²) >= 11 is 0. The highest BCUT2D eigenvalue weighted by atomic mass is 16.5. The zero-order valence-electron chi connectivity index (χ0n) is 24.1. The number of carbonyl (C=O) groups excluding carboxylic acids is 2. The Morgan fingerprint density at radius 2 is 1.73 bits per heavy atom.